The highest BCUT2D eigenvalue weighted by atomic mass is 32.2. The number of benzene rings is 2. The molecular formula is C22H26N2O3S. The number of nitrogens with zero attached hydrogens (tertiary/aromatic N) is 2. The van der Waals surface area contributed by atoms with Crippen molar-refractivity contribution >= 4 is 26.7 Å². The Hall–Kier alpha value is -2.18. The molecule has 2 aromatic carbocycles. The van der Waals surface area contributed by atoms with Crippen molar-refractivity contribution in [3.8, 4) is 0 Å². The minimum atomic E-state index is -3.55. The third-order valence-corrected chi connectivity index (χ3v) is 7.63. The van der Waals surface area contributed by atoms with E-state index in [0.717, 1.165) is 36.5 Å². The summed E-state index contributed by atoms with van der Waals surface area (Å²) < 4.78 is 27.6. The minimum Gasteiger partial charge on any atom is -0.337 e. The molecule has 0 N–H and O–H groups in total. The summed E-state index contributed by atoms with van der Waals surface area (Å²) in [5, 5.41) is 1.93. The molecule has 1 saturated carbocycles. The SMILES string of the molecule is O=C(C=C1CCCCC1)N1CCN(S(=O)(=O)c2ccc3ccccc3c2)CC1. The van der Waals surface area contributed by atoms with Gasteiger partial charge in [-0.3, -0.25) is 4.79 Å². The molecule has 1 aliphatic heterocycles. The largest absolute Gasteiger partial charge is 0.337 e. The average Bonchev–Trinajstić information content (AvgIpc) is 2.74. The molecule has 2 fully saturated rings. The lowest BCUT2D eigenvalue weighted by Crippen LogP contribution is -2.50. The van der Waals surface area contributed by atoms with Crippen LogP contribution in [0.4, 0.5) is 0 Å². The van der Waals surface area contributed by atoms with Crippen LogP contribution in [0, 0.1) is 0 Å². The number of fused-ring (bicyclic) bond motifs is 1. The lowest BCUT2D eigenvalue weighted by Gasteiger charge is -2.33. The van der Waals surface area contributed by atoms with Gasteiger partial charge >= 0.3 is 0 Å². The van der Waals surface area contributed by atoms with Crippen LogP contribution >= 0.6 is 0 Å². The minimum absolute atomic E-state index is 0.0275. The fourth-order valence-corrected chi connectivity index (χ4v) is 5.50. The molecule has 28 heavy (non-hydrogen) atoms. The van der Waals surface area contributed by atoms with E-state index in [4.69, 9.17) is 0 Å². The first kappa shape index (κ1) is 19.2. The van der Waals surface area contributed by atoms with Gasteiger partial charge in [0.15, 0.2) is 0 Å². The zero-order valence-corrected chi connectivity index (χ0v) is 16.8. The Morgan fingerprint density at radius 1 is 0.857 bits per heavy atom. The Morgan fingerprint density at radius 3 is 2.25 bits per heavy atom. The summed E-state index contributed by atoms with van der Waals surface area (Å²) in [4.78, 5) is 14.6. The van der Waals surface area contributed by atoms with Crippen LogP contribution < -0.4 is 0 Å². The summed E-state index contributed by atoms with van der Waals surface area (Å²) in [5.74, 6) is 0.0275. The van der Waals surface area contributed by atoms with Crippen molar-refractivity contribution in [3.05, 3.63) is 54.1 Å². The third-order valence-electron chi connectivity index (χ3n) is 5.73. The highest BCUT2D eigenvalue weighted by molar-refractivity contribution is 7.89. The predicted octanol–water partition coefficient (Wildman–Crippen LogP) is 3.56. The first-order valence-electron chi connectivity index (χ1n) is 10.0. The van der Waals surface area contributed by atoms with Crippen LogP contribution in [0.2, 0.25) is 0 Å². The fraction of sp³-hybridized carbons (Fsp3) is 0.409. The van der Waals surface area contributed by atoms with Gasteiger partial charge in [-0.2, -0.15) is 4.31 Å². The van der Waals surface area contributed by atoms with Gasteiger partial charge in [0.05, 0.1) is 4.90 Å². The summed E-state index contributed by atoms with van der Waals surface area (Å²) in [6, 6.07) is 13.0. The summed E-state index contributed by atoms with van der Waals surface area (Å²) in [5.41, 5.74) is 1.24. The van der Waals surface area contributed by atoms with Crippen molar-refractivity contribution in [3.63, 3.8) is 0 Å². The first-order chi connectivity index (χ1) is 13.5. The highest BCUT2D eigenvalue weighted by Gasteiger charge is 2.30. The summed E-state index contributed by atoms with van der Waals surface area (Å²) in [6.45, 7) is 1.55. The first-order valence-corrected chi connectivity index (χ1v) is 11.5. The van der Waals surface area contributed by atoms with Crippen molar-refractivity contribution in [2.75, 3.05) is 26.2 Å². The van der Waals surface area contributed by atoms with Crippen LogP contribution in [0.25, 0.3) is 10.8 Å². The van der Waals surface area contributed by atoms with Crippen LogP contribution in [0.1, 0.15) is 32.1 Å². The van der Waals surface area contributed by atoms with Gasteiger partial charge in [-0.25, -0.2) is 8.42 Å². The molecular weight excluding hydrogens is 372 g/mol. The molecule has 148 valence electrons. The van der Waals surface area contributed by atoms with Crippen LogP contribution in [0.3, 0.4) is 0 Å². The molecule has 2 aliphatic rings. The van der Waals surface area contributed by atoms with Crippen LogP contribution in [-0.4, -0.2) is 49.7 Å². The predicted molar refractivity (Wildman–Crippen MR) is 110 cm³/mol. The molecule has 0 aromatic heterocycles. The van der Waals surface area contributed by atoms with E-state index < -0.39 is 10.0 Å². The standard InChI is InChI=1S/C22H26N2O3S/c25-22(16-18-6-2-1-3-7-18)23-12-14-24(15-13-23)28(26,27)21-11-10-19-8-4-5-9-20(19)17-21/h4-5,8-11,16-17H,1-3,6-7,12-15H2. The number of carbonyl (C=O) groups is 1. The molecule has 5 nitrogen and oxygen atoms in total. The Kier molecular flexibility index (Phi) is 5.51. The van der Waals surface area contributed by atoms with Crippen LogP contribution in [0.15, 0.2) is 59.0 Å². The average molecular weight is 399 g/mol. The van der Waals surface area contributed by atoms with Gasteiger partial charge in [0.1, 0.15) is 0 Å². The molecule has 0 bridgehead atoms. The van der Waals surface area contributed by atoms with Gasteiger partial charge < -0.3 is 4.90 Å². The highest BCUT2D eigenvalue weighted by Crippen LogP contribution is 2.24. The van der Waals surface area contributed by atoms with Gasteiger partial charge in [0.2, 0.25) is 15.9 Å². The summed E-state index contributed by atoms with van der Waals surface area (Å²) >= 11 is 0. The normalized spacial score (nSPS) is 19.0. The number of sulfonamides is 1. The van der Waals surface area contributed by atoms with E-state index in [0.29, 0.717) is 31.1 Å². The van der Waals surface area contributed by atoms with E-state index in [2.05, 4.69) is 0 Å². The van der Waals surface area contributed by atoms with Gasteiger partial charge in [0, 0.05) is 32.3 Å². The molecule has 0 atom stereocenters. The maximum absolute atomic E-state index is 13.0. The molecule has 2 aromatic rings. The van der Waals surface area contributed by atoms with E-state index in [1.807, 2.05) is 30.3 Å². The van der Waals surface area contributed by atoms with Gasteiger partial charge in [-0.15, -0.1) is 0 Å². The van der Waals surface area contributed by atoms with E-state index in [-0.39, 0.29) is 5.91 Å². The second-order valence-electron chi connectivity index (χ2n) is 7.60. The van der Waals surface area contributed by atoms with E-state index in [9.17, 15) is 13.2 Å². The zero-order chi connectivity index (χ0) is 19.6. The quantitative estimate of drug-likeness (QED) is 0.743. The fourth-order valence-electron chi connectivity index (χ4n) is 4.04. The Bertz CT molecular complexity index is 997. The Labute approximate surface area is 166 Å². The van der Waals surface area contributed by atoms with Gasteiger partial charge in [-0.05, 0) is 48.6 Å². The second-order valence-corrected chi connectivity index (χ2v) is 9.54. The molecule has 1 amide bonds. The number of hydrogen-bond acceptors (Lipinski definition) is 3. The van der Waals surface area contributed by atoms with E-state index >= 15 is 0 Å². The van der Waals surface area contributed by atoms with Crippen LogP contribution in [0.5, 0.6) is 0 Å². The maximum Gasteiger partial charge on any atom is 0.246 e. The second kappa shape index (κ2) is 8.05. The van der Waals surface area contributed by atoms with Gasteiger partial charge in [0.25, 0.3) is 0 Å². The third kappa shape index (κ3) is 3.98. The maximum atomic E-state index is 13.0. The number of piperazine rings is 1. The van der Waals surface area contributed by atoms with E-state index in [1.165, 1.54) is 16.3 Å². The molecule has 1 aliphatic carbocycles. The van der Waals surface area contributed by atoms with Crippen molar-refractivity contribution in [1.82, 2.24) is 9.21 Å². The number of rotatable bonds is 3. The number of amides is 1. The van der Waals surface area contributed by atoms with E-state index in [1.54, 1.807) is 23.1 Å². The molecule has 1 heterocycles. The van der Waals surface area contributed by atoms with Crippen molar-refractivity contribution in [2.24, 2.45) is 0 Å². The molecule has 6 heteroatoms. The molecule has 0 unspecified atom stereocenters. The summed E-state index contributed by atoms with van der Waals surface area (Å²) in [6.07, 6.45) is 7.39. The lowest BCUT2D eigenvalue weighted by molar-refractivity contribution is -0.127. The molecule has 0 spiro atoms. The number of allylic oxidation sites excluding steroid dienone is 1. The Morgan fingerprint density at radius 2 is 1.54 bits per heavy atom. The molecule has 4 rings (SSSR count). The molecule has 0 radical (unpaired) electrons. The van der Waals surface area contributed by atoms with Crippen molar-refractivity contribution < 1.29 is 13.2 Å². The number of hydrogen-bond donors (Lipinski definition) is 0. The zero-order valence-electron chi connectivity index (χ0n) is 16.0. The topological polar surface area (TPSA) is 57.7 Å². The van der Waals surface area contributed by atoms with Crippen molar-refractivity contribution in [2.45, 2.75) is 37.0 Å². The smallest absolute Gasteiger partial charge is 0.246 e. The van der Waals surface area contributed by atoms with Gasteiger partial charge in [-0.1, -0.05) is 42.3 Å². The monoisotopic (exact) mass is 398 g/mol. The number of carbonyl (C=O) groups excluding carboxylic acids is 1. The molecule has 1 saturated heterocycles. The van der Waals surface area contributed by atoms with Crippen LogP contribution in [-0.2, 0) is 14.8 Å². The summed E-state index contributed by atoms with van der Waals surface area (Å²) in [7, 11) is -3.55. The lowest BCUT2D eigenvalue weighted by atomic mass is 9.94. The Balaban J connectivity index is 1.44. The van der Waals surface area contributed by atoms with Crippen molar-refractivity contribution in [1.29, 1.82) is 0 Å².